The van der Waals surface area contributed by atoms with Crippen molar-refractivity contribution in [2.45, 2.75) is 25.9 Å². The van der Waals surface area contributed by atoms with Crippen LogP contribution in [-0.4, -0.2) is 67.0 Å². The highest BCUT2D eigenvalue weighted by Crippen LogP contribution is 2.16. The molecule has 130 valence electrons. The molecule has 2 aliphatic rings. The number of carbonyl (C=O) groups excluding carboxylic acids is 2. The van der Waals surface area contributed by atoms with Crippen molar-refractivity contribution >= 4 is 17.5 Å². The third-order valence-corrected chi connectivity index (χ3v) is 4.68. The van der Waals surface area contributed by atoms with Crippen molar-refractivity contribution in [3.63, 3.8) is 0 Å². The number of hydrogen-bond donors (Lipinski definition) is 1. The number of amides is 2. The molecule has 24 heavy (non-hydrogen) atoms. The molecule has 6 nitrogen and oxygen atoms in total. The van der Waals surface area contributed by atoms with Crippen LogP contribution >= 0.6 is 0 Å². The molecule has 6 heteroatoms. The largest absolute Gasteiger partial charge is 0.368 e. The van der Waals surface area contributed by atoms with Gasteiger partial charge in [-0.1, -0.05) is 18.2 Å². The maximum atomic E-state index is 12.3. The van der Waals surface area contributed by atoms with Gasteiger partial charge in [-0.25, -0.2) is 0 Å². The molecule has 0 aliphatic carbocycles. The Bertz CT molecular complexity index is 591. The summed E-state index contributed by atoms with van der Waals surface area (Å²) in [7, 11) is 0. The number of aryl methyl sites for hydroxylation is 1. The number of hydrogen-bond acceptors (Lipinski definition) is 4. The van der Waals surface area contributed by atoms with Crippen molar-refractivity contribution in [1.82, 2.24) is 9.80 Å². The summed E-state index contributed by atoms with van der Waals surface area (Å²) < 4.78 is 5.47. The number of carbonyl (C=O) groups is 2. The number of nitrogens with one attached hydrogen (secondary N) is 1. The van der Waals surface area contributed by atoms with Crippen LogP contribution in [0.2, 0.25) is 0 Å². The molecule has 0 aromatic heterocycles. The first-order valence-corrected chi connectivity index (χ1v) is 8.62. The van der Waals surface area contributed by atoms with Gasteiger partial charge in [-0.2, -0.15) is 0 Å². The van der Waals surface area contributed by atoms with Crippen LogP contribution in [0.15, 0.2) is 24.3 Å². The Morgan fingerprint density at radius 2 is 1.96 bits per heavy atom. The average molecular weight is 331 g/mol. The Balaban J connectivity index is 1.44. The standard InChI is InChI=1S/C18H25N3O3/c1-14-5-2-3-6-15(14)19-17(22)13-20-8-10-21(11-9-20)18(23)16-7-4-12-24-16/h2-3,5-6,16H,4,7-13H2,1H3,(H,19,22)/t16-/m1/s1. The van der Waals surface area contributed by atoms with Gasteiger partial charge < -0.3 is 15.0 Å². The van der Waals surface area contributed by atoms with Gasteiger partial charge in [0.1, 0.15) is 6.10 Å². The molecule has 0 unspecified atom stereocenters. The van der Waals surface area contributed by atoms with Gasteiger partial charge in [0, 0.05) is 38.5 Å². The van der Waals surface area contributed by atoms with E-state index in [1.165, 1.54) is 0 Å². The van der Waals surface area contributed by atoms with E-state index in [4.69, 9.17) is 4.74 Å². The van der Waals surface area contributed by atoms with Gasteiger partial charge in [-0.05, 0) is 31.4 Å². The first kappa shape index (κ1) is 16.9. The minimum absolute atomic E-state index is 0.0109. The Hall–Kier alpha value is -1.92. The summed E-state index contributed by atoms with van der Waals surface area (Å²) >= 11 is 0. The monoisotopic (exact) mass is 331 g/mol. The maximum absolute atomic E-state index is 12.3. The van der Waals surface area contributed by atoms with Gasteiger partial charge in [-0.15, -0.1) is 0 Å². The summed E-state index contributed by atoms with van der Waals surface area (Å²) in [6.45, 7) is 5.79. The third kappa shape index (κ3) is 4.13. The zero-order valence-electron chi connectivity index (χ0n) is 14.2. The van der Waals surface area contributed by atoms with Crippen molar-refractivity contribution < 1.29 is 14.3 Å². The van der Waals surface area contributed by atoms with Crippen molar-refractivity contribution in [2.75, 3.05) is 44.6 Å². The van der Waals surface area contributed by atoms with E-state index in [0.717, 1.165) is 37.2 Å². The van der Waals surface area contributed by atoms with Crippen LogP contribution in [0, 0.1) is 6.92 Å². The number of nitrogens with zero attached hydrogens (tertiary/aromatic N) is 2. The first-order valence-electron chi connectivity index (χ1n) is 8.62. The maximum Gasteiger partial charge on any atom is 0.251 e. The van der Waals surface area contributed by atoms with Crippen LogP contribution in [-0.2, 0) is 14.3 Å². The van der Waals surface area contributed by atoms with Crippen LogP contribution in [0.4, 0.5) is 5.69 Å². The fourth-order valence-electron chi connectivity index (χ4n) is 3.21. The van der Waals surface area contributed by atoms with Crippen LogP contribution in [0.1, 0.15) is 18.4 Å². The predicted molar refractivity (Wildman–Crippen MR) is 91.8 cm³/mol. The van der Waals surface area contributed by atoms with Crippen LogP contribution < -0.4 is 5.32 Å². The summed E-state index contributed by atoms with van der Waals surface area (Å²) in [5, 5.41) is 2.96. The second-order valence-electron chi connectivity index (χ2n) is 6.47. The number of para-hydroxylation sites is 1. The summed E-state index contributed by atoms with van der Waals surface area (Å²) in [5.41, 5.74) is 1.91. The SMILES string of the molecule is Cc1ccccc1NC(=O)CN1CCN(C(=O)[C@H]2CCCO2)CC1. The molecular weight excluding hydrogens is 306 g/mol. The van der Waals surface area contributed by atoms with Gasteiger partial charge in [0.2, 0.25) is 5.91 Å². The molecule has 2 amide bonds. The molecule has 2 aliphatic heterocycles. The number of piperazine rings is 1. The van der Waals surface area contributed by atoms with Crippen molar-refractivity contribution in [3.8, 4) is 0 Å². The fraction of sp³-hybridized carbons (Fsp3) is 0.556. The Morgan fingerprint density at radius 3 is 2.62 bits per heavy atom. The molecule has 0 spiro atoms. The van der Waals surface area contributed by atoms with E-state index in [9.17, 15) is 9.59 Å². The minimum atomic E-state index is -0.249. The Kier molecular flexibility index (Phi) is 5.48. The molecule has 1 aromatic rings. The lowest BCUT2D eigenvalue weighted by Gasteiger charge is -2.35. The van der Waals surface area contributed by atoms with E-state index in [1.807, 2.05) is 36.1 Å². The quantitative estimate of drug-likeness (QED) is 0.902. The summed E-state index contributed by atoms with van der Waals surface area (Å²) in [6.07, 6.45) is 1.55. The van der Waals surface area contributed by atoms with Gasteiger partial charge in [0.05, 0.1) is 6.54 Å². The summed E-state index contributed by atoms with van der Waals surface area (Å²) in [4.78, 5) is 28.5. The van der Waals surface area contributed by atoms with Gasteiger partial charge in [0.15, 0.2) is 0 Å². The minimum Gasteiger partial charge on any atom is -0.368 e. The van der Waals surface area contributed by atoms with Gasteiger partial charge >= 0.3 is 0 Å². The number of anilines is 1. The van der Waals surface area contributed by atoms with E-state index in [-0.39, 0.29) is 17.9 Å². The van der Waals surface area contributed by atoms with Gasteiger partial charge in [0.25, 0.3) is 5.91 Å². The fourth-order valence-corrected chi connectivity index (χ4v) is 3.21. The van der Waals surface area contributed by atoms with Gasteiger partial charge in [-0.3, -0.25) is 14.5 Å². The van der Waals surface area contributed by atoms with Crippen molar-refractivity contribution in [3.05, 3.63) is 29.8 Å². The van der Waals surface area contributed by atoms with E-state index < -0.39 is 0 Å². The van der Waals surface area contributed by atoms with Crippen LogP contribution in [0.5, 0.6) is 0 Å². The van der Waals surface area contributed by atoms with E-state index in [0.29, 0.717) is 26.2 Å². The molecule has 2 heterocycles. The zero-order valence-corrected chi connectivity index (χ0v) is 14.2. The molecule has 1 aromatic carbocycles. The lowest BCUT2D eigenvalue weighted by molar-refractivity contribution is -0.142. The third-order valence-electron chi connectivity index (χ3n) is 4.68. The molecule has 1 N–H and O–H groups in total. The zero-order chi connectivity index (χ0) is 16.9. The molecule has 3 rings (SSSR count). The van der Waals surface area contributed by atoms with E-state index in [1.54, 1.807) is 0 Å². The molecular formula is C18H25N3O3. The smallest absolute Gasteiger partial charge is 0.251 e. The lowest BCUT2D eigenvalue weighted by Crippen LogP contribution is -2.52. The average Bonchev–Trinajstić information content (AvgIpc) is 3.11. The molecule has 0 radical (unpaired) electrons. The second-order valence-corrected chi connectivity index (χ2v) is 6.47. The van der Waals surface area contributed by atoms with Crippen molar-refractivity contribution in [2.24, 2.45) is 0 Å². The molecule has 0 saturated carbocycles. The molecule has 0 bridgehead atoms. The second kappa shape index (κ2) is 7.77. The van der Waals surface area contributed by atoms with Crippen LogP contribution in [0.3, 0.4) is 0 Å². The molecule has 1 atom stereocenters. The first-order chi connectivity index (χ1) is 11.6. The van der Waals surface area contributed by atoms with Crippen LogP contribution in [0.25, 0.3) is 0 Å². The number of rotatable bonds is 4. The predicted octanol–water partition coefficient (Wildman–Crippen LogP) is 1.26. The Morgan fingerprint density at radius 1 is 1.21 bits per heavy atom. The summed E-state index contributed by atoms with van der Waals surface area (Å²) in [5.74, 6) is 0.0970. The highest BCUT2D eigenvalue weighted by atomic mass is 16.5. The number of benzene rings is 1. The number of ether oxygens (including phenoxy) is 1. The highest BCUT2D eigenvalue weighted by Gasteiger charge is 2.30. The topological polar surface area (TPSA) is 61.9 Å². The molecule has 2 saturated heterocycles. The summed E-state index contributed by atoms with van der Waals surface area (Å²) in [6, 6.07) is 7.75. The van der Waals surface area contributed by atoms with Crippen molar-refractivity contribution in [1.29, 1.82) is 0 Å². The van der Waals surface area contributed by atoms with E-state index >= 15 is 0 Å². The highest BCUT2D eigenvalue weighted by molar-refractivity contribution is 5.93. The molecule has 2 fully saturated rings. The normalized spacial score (nSPS) is 21.7. The Labute approximate surface area is 142 Å². The van der Waals surface area contributed by atoms with E-state index in [2.05, 4.69) is 10.2 Å². The lowest BCUT2D eigenvalue weighted by atomic mass is 10.2.